The summed E-state index contributed by atoms with van der Waals surface area (Å²) in [7, 11) is 1.67. The summed E-state index contributed by atoms with van der Waals surface area (Å²) in [6.45, 7) is 12.6. The third-order valence-electron chi connectivity index (χ3n) is 3.13. The molecule has 0 saturated carbocycles. The largest absolute Gasteiger partial charge is 0.304 e. The van der Waals surface area contributed by atoms with Gasteiger partial charge in [0.2, 0.25) is 0 Å². The first-order valence-electron chi connectivity index (χ1n) is 5.76. The highest BCUT2D eigenvalue weighted by molar-refractivity contribution is 6.62. The molecular formula is C11H24N2Si. The Balaban J connectivity index is 2.04. The predicted octanol–water partition coefficient (Wildman–Crippen LogP) is 1.21. The van der Waals surface area contributed by atoms with Gasteiger partial charge in [-0.25, -0.2) is 0 Å². The summed E-state index contributed by atoms with van der Waals surface area (Å²) in [5, 5.41) is 0. The molecular weight excluding hydrogens is 188 g/mol. The minimum Gasteiger partial charge on any atom is -0.304 e. The summed E-state index contributed by atoms with van der Waals surface area (Å²) in [4.78, 5) is 5.02. The zero-order valence-corrected chi connectivity index (χ0v) is 10.9. The van der Waals surface area contributed by atoms with Crippen LogP contribution in [0.25, 0.3) is 0 Å². The first-order chi connectivity index (χ1) is 6.72. The summed E-state index contributed by atoms with van der Waals surface area (Å²) in [5.41, 5.74) is 2.20. The lowest BCUT2D eigenvalue weighted by molar-refractivity contribution is 0.154. The summed E-state index contributed by atoms with van der Waals surface area (Å²) in [6.07, 6.45) is 1.38. The highest BCUT2D eigenvalue weighted by Crippen LogP contribution is 2.04. The van der Waals surface area contributed by atoms with Crippen LogP contribution in [0.1, 0.15) is 6.42 Å². The van der Waals surface area contributed by atoms with Gasteiger partial charge >= 0.3 is 0 Å². The van der Waals surface area contributed by atoms with Gasteiger partial charge in [0.1, 0.15) is 0 Å². The Morgan fingerprint density at radius 3 is 2.50 bits per heavy atom. The molecule has 1 aliphatic rings. The molecule has 0 aromatic rings. The summed E-state index contributed by atoms with van der Waals surface area (Å²) in [6, 6.07) is 1.43. The highest BCUT2D eigenvalue weighted by Gasteiger charge is 2.12. The fourth-order valence-electron chi connectivity index (χ4n) is 1.83. The van der Waals surface area contributed by atoms with Gasteiger partial charge in [-0.1, -0.05) is 12.6 Å². The molecule has 14 heavy (non-hydrogen) atoms. The smallest absolute Gasteiger partial charge is 0.0577 e. The molecule has 0 bridgehead atoms. The molecule has 0 radical (unpaired) electrons. The van der Waals surface area contributed by atoms with Gasteiger partial charge in [0.15, 0.2) is 0 Å². The molecule has 0 aromatic heterocycles. The van der Waals surface area contributed by atoms with Crippen molar-refractivity contribution in [3.8, 4) is 0 Å². The van der Waals surface area contributed by atoms with E-state index in [-0.39, 0.29) is 0 Å². The van der Waals surface area contributed by atoms with Crippen molar-refractivity contribution in [1.82, 2.24) is 9.80 Å². The van der Waals surface area contributed by atoms with E-state index in [1.807, 2.05) is 0 Å². The van der Waals surface area contributed by atoms with Crippen LogP contribution in [0.4, 0.5) is 0 Å². The van der Waals surface area contributed by atoms with Gasteiger partial charge in [0.05, 0.1) is 8.80 Å². The average Bonchev–Trinajstić information content (AvgIpc) is 2.21. The van der Waals surface area contributed by atoms with Crippen LogP contribution >= 0.6 is 0 Å². The fourth-order valence-corrected chi connectivity index (χ4v) is 2.89. The molecule has 0 aromatic carbocycles. The van der Waals surface area contributed by atoms with Crippen molar-refractivity contribution < 1.29 is 0 Å². The first-order valence-corrected chi connectivity index (χ1v) is 8.39. The lowest BCUT2D eigenvalue weighted by Crippen LogP contribution is -2.44. The Labute approximate surface area is 90.2 Å². The lowest BCUT2D eigenvalue weighted by Gasteiger charge is -2.32. The minimum absolute atomic E-state index is 0.539. The van der Waals surface area contributed by atoms with Gasteiger partial charge in [-0.3, -0.25) is 0 Å². The quantitative estimate of drug-likeness (QED) is 0.632. The van der Waals surface area contributed by atoms with E-state index in [4.69, 9.17) is 0 Å². The van der Waals surface area contributed by atoms with E-state index in [9.17, 15) is 0 Å². The van der Waals surface area contributed by atoms with Crippen LogP contribution < -0.4 is 0 Å². The number of likely N-dealkylation sites (N-methyl/N-ethyl adjacent to an activating group) is 1. The average molecular weight is 212 g/mol. The van der Waals surface area contributed by atoms with E-state index >= 15 is 0 Å². The zero-order valence-electron chi connectivity index (χ0n) is 9.71. The van der Waals surface area contributed by atoms with Crippen LogP contribution in [-0.2, 0) is 0 Å². The molecule has 82 valence electrons. The lowest BCUT2D eigenvalue weighted by atomic mass is 10.3. The molecule has 0 spiro atoms. The van der Waals surface area contributed by atoms with Crippen LogP contribution in [0.5, 0.6) is 0 Å². The number of piperazine rings is 1. The van der Waals surface area contributed by atoms with Crippen molar-refractivity contribution in [3.63, 3.8) is 0 Å². The molecule has 1 heterocycles. The SMILES string of the molecule is C=C[SiH](C)CCCN1CCN(C)CC1. The van der Waals surface area contributed by atoms with Crippen LogP contribution in [0, 0.1) is 0 Å². The Bertz CT molecular complexity index is 165. The molecule has 1 fully saturated rings. The molecule has 3 heteroatoms. The predicted molar refractivity (Wildman–Crippen MR) is 66.6 cm³/mol. The van der Waals surface area contributed by atoms with Gasteiger partial charge in [0.25, 0.3) is 0 Å². The molecule has 2 nitrogen and oxygen atoms in total. The highest BCUT2D eigenvalue weighted by atomic mass is 28.3. The molecule has 0 aliphatic carbocycles. The number of nitrogens with zero attached hydrogens (tertiary/aromatic N) is 2. The Kier molecular flexibility index (Phi) is 5.44. The van der Waals surface area contributed by atoms with E-state index in [2.05, 4.69) is 35.7 Å². The molecule has 1 aliphatic heterocycles. The number of hydrogen-bond acceptors (Lipinski definition) is 2. The van der Waals surface area contributed by atoms with Gasteiger partial charge in [-0.2, -0.15) is 0 Å². The van der Waals surface area contributed by atoms with Crippen molar-refractivity contribution in [2.75, 3.05) is 39.8 Å². The van der Waals surface area contributed by atoms with E-state index in [0.29, 0.717) is 0 Å². The van der Waals surface area contributed by atoms with E-state index < -0.39 is 8.80 Å². The van der Waals surface area contributed by atoms with Gasteiger partial charge in [-0.05, 0) is 20.0 Å². The van der Waals surface area contributed by atoms with Crippen molar-refractivity contribution >= 4 is 8.80 Å². The monoisotopic (exact) mass is 212 g/mol. The van der Waals surface area contributed by atoms with Crippen molar-refractivity contribution in [1.29, 1.82) is 0 Å². The Hall–Kier alpha value is -0.123. The molecule has 1 atom stereocenters. The Morgan fingerprint density at radius 1 is 1.29 bits per heavy atom. The molecule has 1 rings (SSSR count). The van der Waals surface area contributed by atoms with Crippen LogP contribution in [-0.4, -0.2) is 58.4 Å². The summed E-state index contributed by atoms with van der Waals surface area (Å²) >= 11 is 0. The van der Waals surface area contributed by atoms with E-state index in [1.54, 1.807) is 0 Å². The standard InChI is InChI=1S/C11H24N2Si/c1-4-14(3)11-5-6-13-9-7-12(2)8-10-13/h4,14H,1,5-11H2,2-3H3. The molecule has 0 N–H and O–H groups in total. The fraction of sp³-hybridized carbons (Fsp3) is 0.818. The third kappa shape index (κ3) is 4.40. The van der Waals surface area contributed by atoms with Gasteiger partial charge in [0, 0.05) is 26.2 Å². The summed E-state index contributed by atoms with van der Waals surface area (Å²) < 4.78 is 0. The van der Waals surface area contributed by atoms with Crippen molar-refractivity contribution in [3.05, 3.63) is 12.3 Å². The van der Waals surface area contributed by atoms with Crippen LogP contribution in [0.3, 0.4) is 0 Å². The zero-order chi connectivity index (χ0) is 10.4. The minimum atomic E-state index is -0.539. The molecule has 1 saturated heterocycles. The topological polar surface area (TPSA) is 6.48 Å². The van der Waals surface area contributed by atoms with Crippen molar-refractivity contribution in [2.45, 2.75) is 19.0 Å². The van der Waals surface area contributed by atoms with E-state index in [1.165, 1.54) is 45.2 Å². The third-order valence-corrected chi connectivity index (χ3v) is 5.26. The van der Waals surface area contributed by atoms with Gasteiger partial charge < -0.3 is 9.80 Å². The number of hydrogen-bond donors (Lipinski definition) is 0. The van der Waals surface area contributed by atoms with Crippen LogP contribution in [0.2, 0.25) is 12.6 Å². The normalized spacial score (nSPS) is 22.1. The van der Waals surface area contributed by atoms with Crippen molar-refractivity contribution in [2.24, 2.45) is 0 Å². The first kappa shape index (κ1) is 11.9. The number of rotatable bonds is 5. The second-order valence-corrected chi connectivity index (χ2v) is 7.50. The maximum absolute atomic E-state index is 3.88. The second kappa shape index (κ2) is 6.38. The maximum Gasteiger partial charge on any atom is 0.0577 e. The molecule has 0 amide bonds. The summed E-state index contributed by atoms with van der Waals surface area (Å²) in [5.74, 6) is 0. The Morgan fingerprint density at radius 2 is 1.93 bits per heavy atom. The van der Waals surface area contributed by atoms with E-state index in [0.717, 1.165) is 0 Å². The maximum atomic E-state index is 3.88. The van der Waals surface area contributed by atoms with Crippen LogP contribution in [0.15, 0.2) is 12.3 Å². The van der Waals surface area contributed by atoms with Gasteiger partial charge in [-0.15, -0.1) is 12.3 Å². The molecule has 1 unspecified atom stereocenters. The second-order valence-electron chi connectivity index (χ2n) is 4.50.